The molecule has 0 aromatic carbocycles. The van der Waals surface area contributed by atoms with Gasteiger partial charge in [0.1, 0.15) is 11.1 Å². The largest absolute Gasteiger partial charge is 0.403 e. The van der Waals surface area contributed by atoms with E-state index in [9.17, 15) is 18.0 Å². The van der Waals surface area contributed by atoms with Crippen molar-refractivity contribution in [2.75, 3.05) is 6.54 Å². The molecule has 1 aliphatic heterocycles. The van der Waals surface area contributed by atoms with Crippen LogP contribution in [0.2, 0.25) is 5.02 Å². The Labute approximate surface area is 144 Å². The second-order valence-corrected chi connectivity index (χ2v) is 6.88. The minimum atomic E-state index is -4.34. The van der Waals surface area contributed by atoms with E-state index < -0.39 is 23.7 Å². The number of rotatable bonds is 2. The Morgan fingerprint density at radius 3 is 2.79 bits per heavy atom. The lowest BCUT2D eigenvalue weighted by Gasteiger charge is -2.31. The van der Waals surface area contributed by atoms with Crippen molar-refractivity contribution in [3.8, 4) is 10.7 Å². The Morgan fingerprint density at radius 1 is 1.42 bits per heavy atom. The van der Waals surface area contributed by atoms with Crippen LogP contribution in [0.5, 0.6) is 0 Å². The molecular formula is C14H14ClF3N4OS. The summed E-state index contributed by atoms with van der Waals surface area (Å²) in [6.07, 6.45) is -4.10. The Balaban J connectivity index is 2.00. The maximum atomic E-state index is 13.0. The summed E-state index contributed by atoms with van der Waals surface area (Å²) in [5, 5.41) is 2.31. The maximum Gasteiger partial charge on any atom is 0.403 e. The second-order valence-electron chi connectivity index (χ2n) is 5.65. The summed E-state index contributed by atoms with van der Waals surface area (Å²) in [4.78, 5) is 23.8. The molecule has 2 aromatic rings. The number of aromatic amines is 1. The van der Waals surface area contributed by atoms with Gasteiger partial charge >= 0.3 is 6.18 Å². The van der Waals surface area contributed by atoms with Gasteiger partial charge in [-0.2, -0.15) is 13.2 Å². The summed E-state index contributed by atoms with van der Waals surface area (Å²) in [7, 11) is 0. The van der Waals surface area contributed by atoms with Gasteiger partial charge in [0.25, 0.3) is 5.56 Å². The molecule has 1 unspecified atom stereocenters. The molecule has 0 saturated carbocycles. The van der Waals surface area contributed by atoms with E-state index >= 15 is 0 Å². The molecule has 0 aliphatic carbocycles. The highest BCUT2D eigenvalue weighted by molar-refractivity contribution is 7.13. The Hall–Kier alpha value is -1.45. The Bertz CT molecular complexity index is 804. The highest BCUT2D eigenvalue weighted by Crippen LogP contribution is 2.36. The summed E-state index contributed by atoms with van der Waals surface area (Å²) in [6, 6.07) is -1.62. The topological polar surface area (TPSA) is 70.7 Å². The first-order valence-electron chi connectivity index (χ1n) is 7.27. The zero-order valence-corrected chi connectivity index (χ0v) is 14.1. The lowest BCUT2D eigenvalue weighted by molar-refractivity contribution is -0.161. The average molecular weight is 379 g/mol. The Kier molecular flexibility index (Phi) is 4.67. The van der Waals surface area contributed by atoms with E-state index in [4.69, 9.17) is 11.6 Å². The van der Waals surface area contributed by atoms with Gasteiger partial charge in [0.05, 0.1) is 21.8 Å². The van der Waals surface area contributed by atoms with Gasteiger partial charge in [0.15, 0.2) is 5.82 Å². The molecule has 10 heteroatoms. The highest BCUT2D eigenvalue weighted by atomic mass is 35.5. The van der Waals surface area contributed by atoms with Gasteiger partial charge in [0, 0.05) is 5.92 Å². The zero-order chi connectivity index (χ0) is 17.5. The van der Waals surface area contributed by atoms with E-state index in [1.165, 1.54) is 11.3 Å². The summed E-state index contributed by atoms with van der Waals surface area (Å²) in [5.41, 5.74) is 1.98. The van der Waals surface area contributed by atoms with Crippen molar-refractivity contribution in [1.82, 2.24) is 20.3 Å². The van der Waals surface area contributed by atoms with Crippen LogP contribution < -0.4 is 10.9 Å². The van der Waals surface area contributed by atoms with Crippen LogP contribution in [0.4, 0.5) is 13.2 Å². The fourth-order valence-electron chi connectivity index (χ4n) is 2.80. The van der Waals surface area contributed by atoms with Crippen LogP contribution in [-0.2, 0) is 0 Å². The molecule has 1 aliphatic rings. The number of hydrogen-bond acceptors (Lipinski definition) is 5. The van der Waals surface area contributed by atoms with Gasteiger partial charge < -0.3 is 10.3 Å². The third-order valence-electron chi connectivity index (χ3n) is 4.03. The first-order valence-corrected chi connectivity index (χ1v) is 8.53. The van der Waals surface area contributed by atoms with Crippen LogP contribution in [0.25, 0.3) is 10.7 Å². The van der Waals surface area contributed by atoms with E-state index in [1.54, 1.807) is 12.4 Å². The molecule has 3 rings (SSSR count). The fourth-order valence-corrected chi connectivity index (χ4v) is 3.79. The molecule has 1 saturated heterocycles. The van der Waals surface area contributed by atoms with Gasteiger partial charge in [-0.05, 0) is 26.3 Å². The second kappa shape index (κ2) is 6.45. The molecule has 5 nitrogen and oxygen atoms in total. The lowest BCUT2D eigenvalue weighted by atomic mass is 9.89. The molecule has 0 bridgehead atoms. The lowest BCUT2D eigenvalue weighted by Crippen LogP contribution is -2.47. The molecule has 2 N–H and O–H groups in total. The smallest absolute Gasteiger partial charge is 0.306 e. The summed E-state index contributed by atoms with van der Waals surface area (Å²) in [6.45, 7) is 1.96. The van der Waals surface area contributed by atoms with Crippen LogP contribution in [0, 0.1) is 6.92 Å². The maximum absolute atomic E-state index is 13.0. The van der Waals surface area contributed by atoms with Crippen LogP contribution in [0.3, 0.4) is 0 Å². The van der Waals surface area contributed by atoms with E-state index in [1.807, 2.05) is 0 Å². The normalized spacial score (nSPS) is 21.9. The van der Waals surface area contributed by atoms with Gasteiger partial charge in [-0.3, -0.25) is 4.79 Å². The standard InChI is InChI=1S/C14H14ClF3N4OS/c1-6-11(24-5-20-6)12-21-10(9(15)13(23)22-12)7-2-3-19-8(4-7)14(16,17)18/h5,7-8,19H,2-4H2,1H3,(H,21,22,23)/t7?,8-/m1/s1. The van der Waals surface area contributed by atoms with Crippen molar-refractivity contribution in [2.45, 2.75) is 37.9 Å². The molecular weight excluding hydrogens is 365 g/mol. The summed E-state index contributed by atoms with van der Waals surface area (Å²) >= 11 is 7.34. The van der Waals surface area contributed by atoms with Gasteiger partial charge in [-0.15, -0.1) is 11.3 Å². The van der Waals surface area contributed by atoms with Crippen LogP contribution in [-0.4, -0.2) is 33.7 Å². The number of thiazole rings is 1. The number of nitrogens with zero attached hydrogens (tertiary/aromatic N) is 2. The first kappa shape index (κ1) is 17.4. The van der Waals surface area contributed by atoms with Crippen molar-refractivity contribution in [3.63, 3.8) is 0 Å². The molecule has 2 atom stereocenters. The number of nitrogens with one attached hydrogen (secondary N) is 2. The highest BCUT2D eigenvalue weighted by Gasteiger charge is 2.43. The predicted octanol–water partition coefficient (Wildman–Crippen LogP) is 3.25. The van der Waals surface area contributed by atoms with Gasteiger partial charge in [-0.1, -0.05) is 11.6 Å². The zero-order valence-electron chi connectivity index (χ0n) is 12.6. The molecule has 0 spiro atoms. The van der Waals surface area contributed by atoms with Crippen molar-refractivity contribution < 1.29 is 13.2 Å². The molecule has 3 heterocycles. The molecule has 0 radical (unpaired) electrons. The number of alkyl halides is 3. The van der Waals surface area contributed by atoms with Gasteiger partial charge in [0.2, 0.25) is 0 Å². The fraction of sp³-hybridized carbons (Fsp3) is 0.500. The number of H-pyrrole nitrogens is 1. The monoisotopic (exact) mass is 378 g/mol. The molecule has 0 amide bonds. The molecule has 24 heavy (non-hydrogen) atoms. The van der Waals surface area contributed by atoms with Crippen molar-refractivity contribution in [3.05, 3.63) is 32.3 Å². The van der Waals surface area contributed by atoms with Crippen LogP contribution in [0.15, 0.2) is 10.3 Å². The third kappa shape index (κ3) is 3.33. The van der Waals surface area contributed by atoms with Gasteiger partial charge in [-0.25, -0.2) is 9.97 Å². The quantitative estimate of drug-likeness (QED) is 0.841. The summed E-state index contributed by atoms with van der Waals surface area (Å²) < 4.78 is 38.9. The first-order chi connectivity index (χ1) is 11.3. The summed E-state index contributed by atoms with van der Waals surface area (Å²) in [5.74, 6) is -0.235. The SMILES string of the molecule is Cc1ncsc1-c1nc(C2CCN[C@@H](C(F)(F)F)C2)c(Cl)c(=O)[nH]1. The van der Waals surface area contributed by atoms with E-state index in [-0.39, 0.29) is 23.7 Å². The average Bonchev–Trinajstić information content (AvgIpc) is 2.95. The number of hydrogen-bond donors (Lipinski definition) is 2. The number of piperidine rings is 1. The molecule has 2 aromatic heterocycles. The third-order valence-corrected chi connectivity index (χ3v) is 5.34. The number of aryl methyl sites for hydroxylation is 1. The van der Waals surface area contributed by atoms with E-state index in [0.29, 0.717) is 22.8 Å². The minimum Gasteiger partial charge on any atom is -0.306 e. The van der Waals surface area contributed by atoms with Crippen LogP contribution in [0.1, 0.15) is 30.1 Å². The minimum absolute atomic E-state index is 0.145. The number of aromatic nitrogens is 3. The van der Waals surface area contributed by atoms with Crippen LogP contribution >= 0.6 is 22.9 Å². The van der Waals surface area contributed by atoms with E-state index in [0.717, 1.165) is 0 Å². The van der Waals surface area contributed by atoms with Crippen molar-refractivity contribution in [1.29, 1.82) is 0 Å². The van der Waals surface area contributed by atoms with Crippen molar-refractivity contribution in [2.24, 2.45) is 0 Å². The number of halogens is 4. The molecule has 130 valence electrons. The van der Waals surface area contributed by atoms with Crippen molar-refractivity contribution >= 4 is 22.9 Å². The Morgan fingerprint density at radius 2 is 2.17 bits per heavy atom. The molecule has 1 fully saturated rings. The predicted molar refractivity (Wildman–Crippen MR) is 85.5 cm³/mol. The van der Waals surface area contributed by atoms with E-state index in [2.05, 4.69) is 20.3 Å².